The lowest BCUT2D eigenvalue weighted by molar-refractivity contribution is 0.454. The highest BCUT2D eigenvalue weighted by Gasteiger charge is 2.04. The summed E-state index contributed by atoms with van der Waals surface area (Å²) >= 11 is 0. The van der Waals surface area contributed by atoms with Crippen molar-refractivity contribution in [2.24, 2.45) is 0 Å². The lowest BCUT2D eigenvalue weighted by atomic mass is 10.3. The van der Waals surface area contributed by atoms with Crippen LogP contribution in [0.3, 0.4) is 0 Å². The zero-order chi connectivity index (χ0) is 11.5. The first-order valence-electron chi connectivity index (χ1n) is 4.86. The Kier molecular flexibility index (Phi) is 2.68. The summed E-state index contributed by atoms with van der Waals surface area (Å²) in [4.78, 5) is 12.2. The van der Waals surface area contributed by atoms with Crippen LogP contribution in [0.2, 0.25) is 0 Å². The quantitative estimate of drug-likeness (QED) is 0.829. The van der Waals surface area contributed by atoms with Crippen molar-refractivity contribution in [3.05, 3.63) is 35.9 Å². The molecule has 0 spiro atoms. The number of aryl methyl sites for hydroxylation is 2. The van der Waals surface area contributed by atoms with Gasteiger partial charge in [-0.25, -0.2) is 4.98 Å². The van der Waals surface area contributed by atoms with Gasteiger partial charge >= 0.3 is 0 Å². The fraction of sp³-hybridized carbons (Fsp3) is 0.182. The van der Waals surface area contributed by atoms with Gasteiger partial charge in [-0.3, -0.25) is 4.98 Å². The van der Waals surface area contributed by atoms with E-state index in [-0.39, 0.29) is 0 Å². The molecule has 0 aliphatic heterocycles. The van der Waals surface area contributed by atoms with E-state index in [1.54, 1.807) is 25.3 Å². The van der Waals surface area contributed by atoms with Gasteiger partial charge < -0.3 is 10.5 Å². The predicted octanol–water partition coefficient (Wildman–Crippen LogP) is 1.86. The van der Waals surface area contributed by atoms with Crippen molar-refractivity contribution < 1.29 is 4.74 Å². The van der Waals surface area contributed by atoms with E-state index >= 15 is 0 Å². The number of hydrogen-bond acceptors (Lipinski definition) is 5. The molecule has 0 radical (unpaired) electrons. The van der Waals surface area contributed by atoms with Crippen LogP contribution in [0, 0.1) is 13.8 Å². The minimum absolute atomic E-state index is 0.393. The lowest BCUT2D eigenvalue weighted by Gasteiger charge is -2.07. The third-order valence-corrected chi connectivity index (χ3v) is 2.01. The van der Waals surface area contributed by atoms with Gasteiger partial charge in [0.15, 0.2) is 5.75 Å². The molecule has 0 atom stereocenters. The van der Waals surface area contributed by atoms with Crippen LogP contribution in [0.4, 0.5) is 5.82 Å². The number of nitrogens with zero attached hydrogens (tertiary/aromatic N) is 3. The average Bonchev–Trinajstić information content (AvgIpc) is 2.20. The zero-order valence-electron chi connectivity index (χ0n) is 9.14. The number of hydrogen-bond donors (Lipinski definition) is 1. The molecule has 2 N–H and O–H groups in total. The largest absolute Gasteiger partial charge is 0.437 e. The van der Waals surface area contributed by atoms with Crippen LogP contribution in [0.25, 0.3) is 0 Å². The average molecular weight is 216 g/mol. The van der Waals surface area contributed by atoms with E-state index in [4.69, 9.17) is 10.5 Å². The topological polar surface area (TPSA) is 73.9 Å². The van der Waals surface area contributed by atoms with Crippen molar-refractivity contribution in [1.29, 1.82) is 0 Å². The Hall–Kier alpha value is -2.17. The van der Waals surface area contributed by atoms with Gasteiger partial charge in [0.05, 0.1) is 5.69 Å². The standard InChI is InChI=1S/C11H12N4O/c1-7-9(4-3-5-13-7)16-11-6-10(12)14-8(2)15-11/h3-6H,1-2H3,(H2,12,14,15). The summed E-state index contributed by atoms with van der Waals surface area (Å²) in [6, 6.07) is 5.22. The first-order valence-corrected chi connectivity index (χ1v) is 4.86. The van der Waals surface area contributed by atoms with E-state index < -0.39 is 0 Å². The monoisotopic (exact) mass is 216 g/mol. The van der Waals surface area contributed by atoms with Crippen molar-refractivity contribution >= 4 is 5.82 Å². The normalized spacial score (nSPS) is 10.1. The Morgan fingerprint density at radius 2 is 2.06 bits per heavy atom. The minimum Gasteiger partial charge on any atom is -0.437 e. The van der Waals surface area contributed by atoms with E-state index in [2.05, 4.69) is 15.0 Å². The lowest BCUT2D eigenvalue weighted by Crippen LogP contribution is -1.98. The Bertz CT molecular complexity index is 493. The predicted molar refractivity (Wildman–Crippen MR) is 60.2 cm³/mol. The molecular weight excluding hydrogens is 204 g/mol. The Morgan fingerprint density at radius 3 is 2.75 bits per heavy atom. The molecule has 82 valence electrons. The maximum absolute atomic E-state index is 5.60. The zero-order valence-corrected chi connectivity index (χ0v) is 9.14. The van der Waals surface area contributed by atoms with E-state index in [1.807, 2.05) is 13.0 Å². The molecule has 5 nitrogen and oxygen atoms in total. The second-order valence-corrected chi connectivity index (χ2v) is 3.37. The van der Waals surface area contributed by atoms with Gasteiger partial charge in [0, 0.05) is 12.3 Å². The molecular formula is C11H12N4O. The number of nitrogens with two attached hydrogens (primary N) is 1. The van der Waals surface area contributed by atoms with Gasteiger partial charge in [0.1, 0.15) is 11.6 Å². The highest BCUT2D eigenvalue weighted by Crippen LogP contribution is 2.22. The first-order chi connectivity index (χ1) is 7.65. The van der Waals surface area contributed by atoms with Crippen LogP contribution < -0.4 is 10.5 Å². The molecule has 0 saturated heterocycles. The molecule has 16 heavy (non-hydrogen) atoms. The molecule has 0 fully saturated rings. The van der Waals surface area contributed by atoms with Crippen molar-refractivity contribution in [3.8, 4) is 11.6 Å². The molecule has 0 aliphatic rings. The van der Waals surface area contributed by atoms with E-state index in [0.29, 0.717) is 23.3 Å². The Morgan fingerprint density at radius 1 is 1.25 bits per heavy atom. The molecule has 0 bridgehead atoms. The maximum atomic E-state index is 5.60. The molecule has 0 aliphatic carbocycles. The fourth-order valence-corrected chi connectivity index (χ4v) is 1.30. The summed E-state index contributed by atoms with van der Waals surface area (Å²) < 4.78 is 5.58. The van der Waals surface area contributed by atoms with E-state index in [0.717, 1.165) is 5.69 Å². The summed E-state index contributed by atoms with van der Waals surface area (Å²) in [6.07, 6.45) is 1.71. The first kappa shape index (κ1) is 10.4. The van der Waals surface area contributed by atoms with Gasteiger partial charge in [-0.05, 0) is 26.0 Å². The summed E-state index contributed by atoms with van der Waals surface area (Å²) in [5.74, 6) is 2.07. The van der Waals surface area contributed by atoms with Crippen molar-refractivity contribution in [2.45, 2.75) is 13.8 Å². The molecule has 0 unspecified atom stereocenters. The van der Waals surface area contributed by atoms with Crippen LogP contribution in [0.5, 0.6) is 11.6 Å². The Balaban J connectivity index is 2.30. The minimum atomic E-state index is 0.393. The second kappa shape index (κ2) is 4.14. The molecule has 5 heteroatoms. The molecule has 0 saturated carbocycles. The third kappa shape index (κ3) is 2.25. The highest BCUT2D eigenvalue weighted by molar-refractivity contribution is 5.36. The summed E-state index contributed by atoms with van der Waals surface area (Å²) in [5, 5.41) is 0. The number of rotatable bonds is 2. The summed E-state index contributed by atoms with van der Waals surface area (Å²) in [5.41, 5.74) is 6.41. The van der Waals surface area contributed by atoms with Gasteiger partial charge in [-0.2, -0.15) is 4.98 Å². The van der Waals surface area contributed by atoms with Crippen LogP contribution in [-0.4, -0.2) is 15.0 Å². The van der Waals surface area contributed by atoms with Crippen molar-refractivity contribution in [2.75, 3.05) is 5.73 Å². The smallest absolute Gasteiger partial charge is 0.224 e. The van der Waals surface area contributed by atoms with Crippen molar-refractivity contribution in [3.63, 3.8) is 0 Å². The molecule has 2 rings (SSSR count). The molecule has 2 aromatic heterocycles. The van der Waals surface area contributed by atoms with Gasteiger partial charge in [0.25, 0.3) is 0 Å². The highest BCUT2D eigenvalue weighted by atomic mass is 16.5. The molecule has 2 aromatic rings. The molecule has 0 aromatic carbocycles. The molecule has 0 amide bonds. The number of pyridine rings is 1. The van der Waals surface area contributed by atoms with Crippen LogP contribution in [0.1, 0.15) is 11.5 Å². The number of anilines is 1. The third-order valence-electron chi connectivity index (χ3n) is 2.01. The summed E-state index contributed by atoms with van der Waals surface area (Å²) in [6.45, 7) is 3.63. The van der Waals surface area contributed by atoms with Crippen molar-refractivity contribution in [1.82, 2.24) is 15.0 Å². The van der Waals surface area contributed by atoms with Gasteiger partial charge in [-0.1, -0.05) is 0 Å². The second-order valence-electron chi connectivity index (χ2n) is 3.37. The van der Waals surface area contributed by atoms with E-state index in [9.17, 15) is 0 Å². The molecule has 2 heterocycles. The van der Waals surface area contributed by atoms with Crippen LogP contribution in [0.15, 0.2) is 24.4 Å². The number of nitrogen functional groups attached to an aromatic ring is 1. The van der Waals surface area contributed by atoms with E-state index in [1.165, 1.54) is 0 Å². The Labute approximate surface area is 93.3 Å². The summed E-state index contributed by atoms with van der Waals surface area (Å²) in [7, 11) is 0. The van der Waals surface area contributed by atoms with Crippen LogP contribution in [-0.2, 0) is 0 Å². The SMILES string of the molecule is Cc1nc(N)cc(Oc2cccnc2C)n1. The number of aromatic nitrogens is 3. The number of ether oxygens (including phenoxy) is 1. The maximum Gasteiger partial charge on any atom is 0.224 e. The van der Waals surface area contributed by atoms with Crippen LogP contribution >= 0.6 is 0 Å². The van der Waals surface area contributed by atoms with Gasteiger partial charge in [-0.15, -0.1) is 0 Å². The van der Waals surface area contributed by atoms with Gasteiger partial charge in [0.2, 0.25) is 5.88 Å². The fourth-order valence-electron chi connectivity index (χ4n) is 1.30.